The summed E-state index contributed by atoms with van der Waals surface area (Å²) < 4.78 is 11.2. The Morgan fingerprint density at radius 3 is 2.22 bits per heavy atom. The highest BCUT2D eigenvalue weighted by molar-refractivity contribution is 5.68. The van der Waals surface area contributed by atoms with Crippen LogP contribution in [0.2, 0.25) is 0 Å². The molecule has 5 atom stereocenters. The maximum absolute atomic E-state index is 11.9. The van der Waals surface area contributed by atoms with E-state index in [9.17, 15) is 4.79 Å². The van der Waals surface area contributed by atoms with Crippen molar-refractivity contribution < 1.29 is 14.3 Å². The van der Waals surface area contributed by atoms with Crippen LogP contribution in [0, 0.1) is 0 Å². The Kier molecular flexibility index (Phi) is 6.32. The molecule has 1 aliphatic carbocycles. The first-order valence-corrected chi connectivity index (χ1v) is 9.12. The fourth-order valence-electron chi connectivity index (χ4n) is 3.82. The summed E-state index contributed by atoms with van der Waals surface area (Å²) >= 11 is 0. The number of rotatable bonds is 3. The molecule has 1 saturated carbocycles. The van der Waals surface area contributed by atoms with Gasteiger partial charge in [0, 0.05) is 18.1 Å². The van der Waals surface area contributed by atoms with Crippen molar-refractivity contribution in [3.63, 3.8) is 0 Å². The lowest BCUT2D eigenvalue weighted by molar-refractivity contribution is -0.0442. The molecule has 134 valence electrons. The van der Waals surface area contributed by atoms with Crippen molar-refractivity contribution in [1.82, 2.24) is 10.6 Å². The predicted molar refractivity (Wildman–Crippen MR) is 91.6 cm³/mol. The van der Waals surface area contributed by atoms with Crippen LogP contribution in [0.25, 0.3) is 0 Å². The first-order valence-electron chi connectivity index (χ1n) is 9.12. The van der Waals surface area contributed by atoms with Gasteiger partial charge in [0.05, 0.1) is 12.2 Å². The normalized spacial score (nSPS) is 35.6. The highest BCUT2D eigenvalue weighted by Gasteiger charge is 2.30. The molecule has 1 aliphatic heterocycles. The van der Waals surface area contributed by atoms with E-state index >= 15 is 0 Å². The molecule has 0 bridgehead atoms. The zero-order valence-electron chi connectivity index (χ0n) is 15.4. The summed E-state index contributed by atoms with van der Waals surface area (Å²) in [6.07, 6.45) is 6.87. The molecule has 0 spiro atoms. The fraction of sp³-hybridized carbons (Fsp3) is 0.944. The van der Waals surface area contributed by atoms with E-state index in [4.69, 9.17) is 9.47 Å². The van der Waals surface area contributed by atoms with Crippen molar-refractivity contribution in [3.8, 4) is 0 Å². The third kappa shape index (κ3) is 6.68. The van der Waals surface area contributed by atoms with Crippen LogP contribution in [-0.4, -0.2) is 42.0 Å². The topological polar surface area (TPSA) is 59.6 Å². The second kappa shape index (κ2) is 7.84. The Bertz CT molecular complexity index is 384. The third-order valence-corrected chi connectivity index (χ3v) is 4.56. The van der Waals surface area contributed by atoms with Gasteiger partial charge in [0.2, 0.25) is 0 Å². The second-order valence-corrected chi connectivity index (χ2v) is 8.30. The number of hydrogen-bond donors (Lipinski definition) is 2. The van der Waals surface area contributed by atoms with Gasteiger partial charge in [-0.3, -0.25) is 0 Å². The number of ether oxygens (including phenoxy) is 2. The highest BCUT2D eigenvalue weighted by Crippen LogP contribution is 2.24. The van der Waals surface area contributed by atoms with Crippen molar-refractivity contribution in [1.29, 1.82) is 0 Å². The van der Waals surface area contributed by atoms with Crippen LogP contribution in [0.4, 0.5) is 4.79 Å². The van der Waals surface area contributed by atoms with Crippen LogP contribution >= 0.6 is 0 Å². The molecule has 1 unspecified atom stereocenters. The summed E-state index contributed by atoms with van der Waals surface area (Å²) in [6, 6.07) is 1.22. The number of hydrogen-bond acceptors (Lipinski definition) is 4. The molecular formula is C18H34N2O3. The van der Waals surface area contributed by atoms with Crippen LogP contribution in [0.5, 0.6) is 0 Å². The van der Waals surface area contributed by atoms with Gasteiger partial charge in [-0.15, -0.1) is 0 Å². The van der Waals surface area contributed by atoms with Gasteiger partial charge in [-0.25, -0.2) is 4.79 Å². The summed E-state index contributed by atoms with van der Waals surface area (Å²) in [6.45, 7) is 9.98. The molecule has 1 amide bonds. The predicted octanol–water partition coefficient (Wildman–Crippen LogP) is 3.37. The van der Waals surface area contributed by atoms with E-state index in [-0.39, 0.29) is 12.1 Å². The van der Waals surface area contributed by atoms with Crippen molar-refractivity contribution in [2.24, 2.45) is 0 Å². The summed E-state index contributed by atoms with van der Waals surface area (Å²) in [4.78, 5) is 11.9. The number of alkyl carbamates (subject to hydrolysis) is 1. The van der Waals surface area contributed by atoms with Gasteiger partial charge in [0.15, 0.2) is 0 Å². The van der Waals surface area contributed by atoms with E-state index in [1.54, 1.807) is 0 Å². The smallest absolute Gasteiger partial charge is 0.407 e. The molecule has 1 saturated heterocycles. The minimum Gasteiger partial charge on any atom is -0.444 e. The standard InChI is InChI=1S/C18H34N2O3/c1-12-9-16(10-13(2)22-12)19-14-7-6-8-15(11-14)20-17(21)23-18(3,4)5/h12-16,19H,6-11H2,1-5H3,(H,20,21)/t12-,13+,14-,15-,16?/m1/s1. The number of carbonyl (C=O) groups is 1. The lowest BCUT2D eigenvalue weighted by Gasteiger charge is -2.38. The summed E-state index contributed by atoms with van der Waals surface area (Å²) in [5.74, 6) is 0. The van der Waals surface area contributed by atoms with Gasteiger partial charge in [0.1, 0.15) is 5.60 Å². The Balaban J connectivity index is 1.78. The second-order valence-electron chi connectivity index (χ2n) is 8.30. The molecule has 0 aromatic heterocycles. The third-order valence-electron chi connectivity index (χ3n) is 4.56. The fourth-order valence-corrected chi connectivity index (χ4v) is 3.82. The maximum Gasteiger partial charge on any atom is 0.407 e. The molecule has 5 heteroatoms. The van der Waals surface area contributed by atoms with Crippen LogP contribution in [0.3, 0.4) is 0 Å². The van der Waals surface area contributed by atoms with E-state index < -0.39 is 5.60 Å². The minimum atomic E-state index is -0.440. The molecule has 2 aliphatic rings. The van der Waals surface area contributed by atoms with E-state index in [0.29, 0.717) is 24.3 Å². The lowest BCUT2D eigenvalue weighted by Crippen LogP contribution is -2.50. The molecule has 0 aromatic rings. The largest absolute Gasteiger partial charge is 0.444 e. The van der Waals surface area contributed by atoms with E-state index in [1.165, 1.54) is 6.42 Å². The average molecular weight is 326 g/mol. The molecule has 23 heavy (non-hydrogen) atoms. The Morgan fingerprint density at radius 2 is 1.61 bits per heavy atom. The van der Waals surface area contributed by atoms with Gasteiger partial charge >= 0.3 is 6.09 Å². The molecular weight excluding hydrogens is 292 g/mol. The van der Waals surface area contributed by atoms with Gasteiger partial charge in [0.25, 0.3) is 0 Å². The van der Waals surface area contributed by atoms with Crippen LogP contribution in [0.1, 0.15) is 73.1 Å². The molecule has 2 rings (SSSR count). The van der Waals surface area contributed by atoms with E-state index in [1.807, 2.05) is 20.8 Å². The SMILES string of the molecule is C[C@@H]1CC(N[C@@H]2CCC[C@@H](NC(=O)OC(C)(C)C)C2)C[C@H](C)O1. The zero-order valence-corrected chi connectivity index (χ0v) is 15.4. The molecule has 2 fully saturated rings. The summed E-state index contributed by atoms with van der Waals surface area (Å²) in [5.41, 5.74) is -0.440. The first-order chi connectivity index (χ1) is 10.7. The quantitative estimate of drug-likeness (QED) is 0.835. The molecule has 0 aromatic carbocycles. The van der Waals surface area contributed by atoms with E-state index in [0.717, 1.165) is 32.1 Å². The monoisotopic (exact) mass is 326 g/mol. The number of nitrogens with one attached hydrogen (secondary N) is 2. The van der Waals surface area contributed by atoms with Crippen molar-refractivity contribution in [2.45, 2.75) is 109 Å². The first kappa shape index (κ1) is 18.5. The maximum atomic E-state index is 11.9. The molecule has 0 radical (unpaired) electrons. The number of amides is 1. The van der Waals surface area contributed by atoms with Crippen molar-refractivity contribution in [2.75, 3.05) is 0 Å². The molecule has 1 heterocycles. The van der Waals surface area contributed by atoms with Gasteiger partial charge in [-0.2, -0.15) is 0 Å². The molecule has 5 nitrogen and oxygen atoms in total. The number of carbonyl (C=O) groups excluding carboxylic acids is 1. The van der Waals surface area contributed by atoms with Crippen LogP contribution < -0.4 is 10.6 Å². The zero-order chi connectivity index (χ0) is 17.0. The Hall–Kier alpha value is -0.810. The lowest BCUT2D eigenvalue weighted by atomic mass is 9.89. The summed E-state index contributed by atoms with van der Waals surface area (Å²) in [7, 11) is 0. The van der Waals surface area contributed by atoms with Crippen LogP contribution in [0.15, 0.2) is 0 Å². The summed E-state index contributed by atoms with van der Waals surface area (Å²) in [5, 5.41) is 6.83. The Morgan fingerprint density at radius 1 is 1.00 bits per heavy atom. The van der Waals surface area contributed by atoms with Crippen LogP contribution in [-0.2, 0) is 9.47 Å². The van der Waals surface area contributed by atoms with E-state index in [2.05, 4.69) is 24.5 Å². The highest BCUT2D eigenvalue weighted by atomic mass is 16.6. The molecule has 2 N–H and O–H groups in total. The average Bonchev–Trinajstić information content (AvgIpc) is 2.35. The van der Waals surface area contributed by atoms with Gasteiger partial charge < -0.3 is 20.1 Å². The van der Waals surface area contributed by atoms with Crippen molar-refractivity contribution in [3.05, 3.63) is 0 Å². The van der Waals surface area contributed by atoms with Gasteiger partial charge in [-0.1, -0.05) is 0 Å². The van der Waals surface area contributed by atoms with Crippen molar-refractivity contribution >= 4 is 6.09 Å². The Labute approximate surface area is 140 Å². The van der Waals surface area contributed by atoms with Gasteiger partial charge in [-0.05, 0) is 73.1 Å². The minimum absolute atomic E-state index is 0.214.